The van der Waals surface area contributed by atoms with Crippen LogP contribution in [0.1, 0.15) is 25.3 Å². The van der Waals surface area contributed by atoms with Crippen molar-refractivity contribution >= 4 is 11.4 Å². The van der Waals surface area contributed by atoms with E-state index in [0.29, 0.717) is 11.3 Å². The van der Waals surface area contributed by atoms with Crippen molar-refractivity contribution in [3.05, 3.63) is 23.8 Å². The number of hydrogen-bond donors (Lipinski definition) is 2. The van der Waals surface area contributed by atoms with Crippen LogP contribution >= 0.6 is 0 Å². The Morgan fingerprint density at radius 1 is 1.50 bits per heavy atom. The van der Waals surface area contributed by atoms with Crippen LogP contribution in [0.5, 0.6) is 0 Å². The molecule has 0 spiro atoms. The van der Waals surface area contributed by atoms with Crippen LogP contribution in [0.4, 0.5) is 11.4 Å². The lowest BCUT2D eigenvalue weighted by Crippen LogP contribution is -2.17. The van der Waals surface area contributed by atoms with Gasteiger partial charge >= 0.3 is 0 Å². The first-order chi connectivity index (χ1) is 6.64. The van der Waals surface area contributed by atoms with Crippen LogP contribution in [0, 0.1) is 11.3 Å². The Balaban J connectivity index is 2.30. The van der Waals surface area contributed by atoms with Gasteiger partial charge in [0.15, 0.2) is 0 Å². The molecule has 0 aliphatic heterocycles. The Labute approximate surface area is 83.5 Å². The van der Waals surface area contributed by atoms with Crippen LogP contribution in [0.15, 0.2) is 18.2 Å². The molecule has 1 aromatic carbocycles. The topological polar surface area (TPSA) is 61.8 Å². The fourth-order valence-electron chi connectivity index (χ4n) is 1.41. The van der Waals surface area contributed by atoms with Crippen molar-refractivity contribution in [3.63, 3.8) is 0 Å². The number of nitrogens with one attached hydrogen (secondary N) is 1. The highest BCUT2D eigenvalue weighted by molar-refractivity contribution is 5.73. The molecule has 0 aromatic heterocycles. The maximum absolute atomic E-state index is 8.80. The zero-order chi connectivity index (χ0) is 10.2. The van der Waals surface area contributed by atoms with Crippen molar-refractivity contribution in [1.82, 2.24) is 0 Å². The first-order valence-electron chi connectivity index (χ1n) is 4.71. The van der Waals surface area contributed by atoms with Gasteiger partial charge in [0.1, 0.15) is 6.07 Å². The smallest absolute Gasteiger partial charge is 0.101 e. The van der Waals surface area contributed by atoms with Crippen molar-refractivity contribution in [1.29, 1.82) is 5.26 Å². The van der Waals surface area contributed by atoms with E-state index in [2.05, 4.69) is 18.3 Å². The third kappa shape index (κ3) is 1.51. The van der Waals surface area contributed by atoms with Gasteiger partial charge in [-0.25, -0.2) is 0 Å². The van der Waals surface area contributed by atoms with E-state index in [1.807, 2.05) is 12.1 Å². The van der Waals surface area contributed by atoms with E-state index in [0.717, 1.165) is 5.69 Å². The molecule has 0 radical (unpaired) electrons. The Morgan fingerprint density at radius 2 is 2.21 bits per heavy atom. The van der Waals surface area contributed by atoms with E-state index in [-0.39, 0.29) is 5.54 Å². The van der Waals surface area contributed by atoms with Crippen molar-refractivity contribution in [2.45, 2.75) is 25.3 Å². The molecule has 2 rings (SSSR count). The zero-order valence-electron chi connectivity index (χ0n) is 8.17. The SMILES string of the molecule is CC1(Nc2cccc(C#N)c2N)CC1. The molecular formula is C11H13N3. The van der Waals surface area contributed by atoms with E-state index in [4.69, 9.17) is 11.0 Å². The van der Waals surface area contributed by atoms with Gasteiger partial charge in [0.2, 0.25) is 0 Å². The predicted molar refractivity (Wildman–Crippen MR) is 56.8 cm³/mol. The summed E-state index contributed by atoms with van der Waals surface area (Å²) < 4.78 is 0. The van der Waals surface area contributed by atoms with E-state index in [1.54, 1.807) is 6.07 Å². The molecule has 1 aliphatic rings. The lowest BCUT2D eigenvalue weighted by molar-refractivity contribution is 0.830. The van der Waals surface area contributed by atoms with Gasteiger partial charge in [0, 0.05) is 5.54 Å². The number of nitrogens with zero attached hydrogens (tertiary/aromatic N) is 1. The largest absolute Gasteiger partial charge is 0.396 e. The molecule has 0 heterocycles. The molecule has 3 nitrogen and oxygen atoms in total. The summed E-state index contributed by atoms with van der Waals surface area (Å²) in [6.07, 6.45) is 2.34. The Morgan fingerprint density at radius 3 is 2.79 bits per heavy atom. The van der Waals surface area contributed by atoms with Gasteiger partial charge in [-0.15, -0.1) is 0 Å². The number of nitriles is 1. The van der Waals surface area contributed by atoms with Crippen molar-refractivity contribution in [2.75, 3.05) is 11.1 Å². The van der Waals surface area contributed by atoms with Crippen LogP contribution in [-0.2, 0) is 0 Å². The predicted octanol–water partition coefficient (Wildman–Crippen LogP) is 2.10. The Bertz CT molecular complexity index is 399. The van der Waals surface area contributed by atoms with E-state index in [9.17, 15) is 0 Å². The minimum atomic E-state index is 0.197. The van der Waals surface area contributed by atoms with Crippen LogP contribution in [-0.4, -0.2) is 5.54 Å². The van der Waals surface area contributed by atoms with Gasteiger partial charge in [-0.05, 0) is 31.9 Å². The van der Waals surface area contributed by atoms with Gasteiger partial charge in [0.25, 0.3) is 0 Å². The minimum absolute atomic E-state index is 0.197. The van der Waals surface area contributed by atoms with Gasteiger partial charge < -0.3 is 11.1 Å². The summed E-state index contributed by atoms with van der Waals surface area (Å²) in [4.78, 5) is 0. The molecule has 0 amide bonds. The molecule has 0 bridgehead atoms. The summed E-state index contributed by atoms with van der Waals surface area (Å²) in [5.74, 6) is 0. The summed E-state index contributed by atoms with van der Waals surface area (Å²) in [5, 5.41) is 12.2. The average molecular weight is 187 g/mol. The number of rotatable bonds is 2. The van der Waals surface area contributed by atoms with Crippen LogP contribution in [0.25, 0.3) is 0 Å². The molecule has 72 valence electrons. The second-order valence-electron chi connectivity index (χ2n) is 4.06. The fraction of sp³-hybridized carbons (Fsp3) is 0.364. The molecule has 3 N–H and O–H groups in total. The molecule has 1 fully saturated rings. The fourth-order valence-corrected chi connectivity index (χ4v) is 1.41. The Hall–Kier alpha value is -1.69. The lowest BCUT2D eigenvalue weighted by Gasteiger charge is -2.15. The highest BCUT2D eigenvalue weighted by Crippen LogP contribution is 2.39. The normalized spacial score (nSPS) is 17.1. The van der Waals surface area contributed by atoms with Crippen LogP contribution < -0.4 is 11.1 Å². The van der Waals surface area contributed by atoms with Gasteiger partial charge in [-0.2, -0.15) is 5.26 Å². The third-order valence-electron chi connectivity index (χ3n) is 2.66. The second kappa shape index (κ2) is 2.91. The summed E-state index contributed by atoms with van der Waals surface area (Å²) in [7, 11) is 0. The molecule has 0 atom stereocenters. The molecule has 1 aliphatic carbocycles. The average Bonchev–Trinajstić information content (AvgIpc) is 2.88. The van der Waals surface area contributed by atoms with E-state index in [1.165, 1.54) is 12.8 Å². The molecule has 0 unspecified atom stereocenters. The van der Waals surface area contributed by atoms with Crippen LogP contribution in [0.2, 0.25) is 0 Å². The van der Waals surface area contributed by atoms with E-state index < -0.39 is 0 Å². The number of hydrogen-bond acceptors (Lipinski definition) is 3. The number of nitrogens with two attached hydrogens (primary N) is 1. The third-order valence-corrected chi connectivity index (χ3v) is 2.66. The molecule has 3 heteroatoms. The maximum atomic E-state index is 8.80. The lowest BCUT2D eigenvalue weighted by atomic mass is 10.1. The molecule has 1 aromatic rings. The number of nitrogen functional groups attached to an aromatic ring is 1. The molecular weight excluding hydrogens is 174 g/mol. The first kappa shape index (κ1) is 8.89. The molecule has 1 saturated carbocycles. The highest BCUT2D eigenvalue weighted by Gasteiger charge is 2.37. The number of benzene rings is 1. The maximum Gasteiger partial charge on any atom is 0.101 e. The van der Waals surface area contributed by atoms with E-state index >= 15 is 0 Å². The van der Waals surface area contributed by atoms with Gasteiger partial charge in [-0.1, -0.05) is 6.07 Å². The zero-order valence-corrected chi connectivity index (χ0v) is 8.17. The molecule has 14 heavy (non-hydrogen) atoms. The number of para-hydroxylation sites is 1. The van der Waals surface area contributed by atoms with Crippen molar-refractivity contribution in [3.8, 4) is 6.07 Å². The second-order valence-corrected chi connectivity index (χ2v) is 4.06. The monoisotopic (exact) mass is 187 g/mol. The summed E-state index contributed by atoms with van der Waals surface area (Å²) in [6.45, 7) is 2.16. The quantitative estimate of drug-likeness (QED) is 0.697. The minimum Gasteiger partial charge on any atom is -0.396 e. The molecule has 0 saturated heterocycles. The Kier molecular flexibility index (Phi) is 1.85. The first-order valence-corrected chi connectivity index (χ1v) is 4.71. The van der Waals surface area contributed by atoms with Crippen LogP contribution in [0.3, 0.4) is 0 Å². The summed E-state index contributed by atoms with van der Waals surface area (Å²) in [5.41, 5.74) is 8.02. The summed E-state index contributed by atoms with van der Waals surface area (Å²) in [6, 6.07) is 7.58. The highest BCUT2D eigenvalue weighted by atomic mass is 15.0. The van der Waals surface area contributed by atoms with Crippen molar-refractivity contribution in [2.24, 2.45) is 0 Å². The van der Waals surface area contributed by atoms with Crippen molar-refractivity contribution < 1.29 is 0 Å². The number of anilines is 2. The van der Waals surface area contributed by atoms with Gasteiger partial charge in [0.05, 0.1) is 16.9 Å². The standard InChI is InChI=1S/C11H13N3/c1-11(5-6-11)14-9-4-2-3-8(7-12)10(9)13/h2-4,14H,5-6,13H2,1H3. The van der Waals surface area contributed by atoms with Gasteiger partial charge in [-0.3, -0.25) is 0 Å². The summed E-state index contributed by atoms with van der Waals surface area (Å²) >= 11 is 0.